The maximum absolute atomic E-state index is 13.2. The molecule has 0 aliphatic heterocycles. The lowest BCUT2D eigenvalue weighted by atomic mass is 10.0. The first kappa shape index (κ1) is 25.3. The zero-order chi connectivity index (χ0) is 25.1. The van der Waals surface area contributed by atoms with Crippen molar-refractivity contribution in [2.24, 2.45) is 5.73 Å². The molecule has 2 aromatic rings. The fourth-order valence-corrected chi connectivity index (χ4v) is 3.60. The van der Waals surface area contributed by atoms with Crippen LogP contribution in [0.5, 0.6) is 0 Å². The van der Waals surface area contributed by atoms with Crippen molar-refractivity contribution < 1.29 is 20.1 Å². The fourth-order valence-electron chi connectivity index (χ4n) is 3.20. The van der Waals surface area contributed by atoms with Crippen LogP contribution in [0.1, 0.15) is 19.4 Å². The normalized spacial score (nSPS) is 14.0. The van der Waals surface area contributed by atoms with E-state index in [0.717, 1.165) is 11.3 Å². The van der Waals surface area contributed by atoms with Gasteiger partial charge in [-0.25, -0.2) is 9.18 Å². The van der Waals surface area contributed by atoms with E-state index in [1.807, 2.05) is 24.3 Å². The number of hydrogen-bond acceptors (Lipinski definition) is 5. The number of rotatable bonds is 13. The van der Waals surface area contributed by atoms with E-state index in [4.69, 9.17) is 35.0 Å². The predicted octanol–water partition coefficient (Wildman–Crippen LogP) is 3.27. The standard InChI is InChI=1S/C24H30Cl2FN3O3/c1-2-33-24(32)22(16-18-3-7-19(27)8-4-18)29-23(31)21(28)15-17-5-9-20(10-6-17)30(13-11-25)14-12-26/h3-10,21-22H,2,11-16,28H2,1H3,(H,29,31)/i22D. The average molecular weight is 499 g/mol. The predicted molar refractivity (Wildman–Crippen MR) is 130 cm³/mol. The van der Waals surface area contributed by atoms with Crippen molar-refractivity contribution in [3.8, 4) is 0 Å². The molecule has 0 fully saturated rings. The minimum Gasteiger partial charge on any atom is -0.464 e. The third kappa shape index (κ3) is 8.84. The smallest absolute Gasteiger partial charge is 0.328 e. The second-order valence-electron chi connectivity index (χ2n) is 7.33. The molecule has 0 spiro atoms. The molecule has 2 unspecified atom stereocenters. The number of hydrogen-bond donors (Lipinski definition) is 2. The average Bonchev–Trinajstić information content (AvgIpc) is 2.81. The van der Waals surface area contributed by atoms with E-state index in [9.17, 15) is 14.0 Å². The maximum atomic E-state index is 13.2. The second-order valence-corrected chi connectivity index (χ2v) is 8.09. The van der Waals surface area contributed by atoms with Crippen molar-refractivity contribution in [2.75, 3.05) is 36.4 Å². The van der Waals surface area contributed by atoms with Crippen LogP contribution in [0, 0.1) is 5.82 Å². The molecular formula is C24H30Cl2FN3O3. The Morgan fingerprint density at radius 3 is 2.15 bits per heavy atom. The zero-order valence-electron chi connectivity index (χ0n) is 19.5. The summed E-state index contributed by atoms with van der Waals surface area (Å²) in [6.45, 7) is 2.96. The number of amides is 1. The lowest BCUT2D eigenvalue weighted by molar-refractivity contribution is -0.147. The summed E-state index contributed by atoms with van der Waals surface area (Å²) in [6.07, 6.45) is 0.00280. The molecule has 0 aliphatic rings. The van der Waals surface area contributed by atoms with Crippen molar-refractivity contribution in [1.29, 1.82) is 0 Å². The number of carbonyl (C=O) groups excluding carboxylic acids is 2. The topological polar surface area (TPSA) is 84.7 Å². The Bertz CT molecular complexity index is 928. The van der Waals surface area contributed by atoms with Gasteiger partial charge in [0.2, 0.25) is 5.91 Å². The van der Waals surface area contributed by atoms with E-state index in [1.54, 1.807) is 6.92 Å². The Morgan fingerprint density at radius 1 is 1.06 bits per heavy atom. The number of nitrogens with zero attached hydrogens (tertiary/aromatic N) is 1. The van der Waals surface area contributed by atoms with Crippen molar-refractivity contribution in [3.05, 3.63) is 65.5 Å². The van der Waals surface area contributed by atoms with Gasteiger partial charge in [-0.15, -0.1) is 23.2 Å². The molecule has 1 amide bonds. The first-order valence-electron chi connectivity index (χ1n) is 11.2. The van der Waals surface area contributed by atoms with Gasteiger partial charge in [0.05, 0.1) is 14.0 Å². The van der Waals surface area contributed by atoms with Gasteiger partial charge in [-0.05, 0) is 48.7 Å². The van der Waals surface area contributed by atoms with E-state index in [0.29, 0.717) is 30.4 Å². The van der Waals surface area contributed by atoms with Crippen LogP contribution in [-0.4, -0.2) is 55.4 Å². The summed E-state index contributed by atoms with van der Waals surface area (Å²) in [7, 11) is 0. The van der Waals surface area contributed by atoms with Crippen LogP contribution < -0.4 is 16.0 Å². The molecule has 0 bridgehead atoms. The summed E-state index contributed by atoms with van der Waals surface area (Å²) in [5, 5.41) is 2.42. The highest BCUT2D eigenvalue weighted by Gasteiger charge is 2.25. The monoisotopic (exact) mass is 498 g/mol. The lowest BCUT2D eigenvalue weighted by Gasteiger charge is -2.23. The molecule has 6 nitrogen and oxygen atoms in total. The van der Waals surface area contributed by atoms with Crippen LogP contribution in [0.15, 0.2) is 48.5 Å². The SMILES string of the molecule is [2H]C(Cc1ccc(F)cc1)(NC(=O)C(N)Cc1ccc(N(CCCl)CCCl)cc1)C(=O)OCC. The van der Waals surface area contributed by atoms with Gasteiger partial charge in [0.1, 0.15) is 11.8 Å². The highest BCUT2D eigenvalue weighted by molar-refractivity contribution is 6.18. The van der Waals surface area contributed by atoms with Gasteiger partial charge >= 0.3 is 5.97 Å². The Balaban J connectivity index is 2.09. The quantitative estimate of drug-likeness (QED) is 0.327. The molecule has 2 rings (SSSR count). The van der Waals surface area contributed by atoms with Crippen LogP contribution in [0.4, 0.5) is 10.1 Å². The first-order valence-corrected chi connectivity index (χ1v) is 11.7. The number of anilines is 1. The van der Waals surface area contributed by atoms with Gasteiger partial charge in [0.15, 0.2) is 0 Å². The third-order valence-corrected chi connectivity index (χ3v) is 5.23. The number of nitrogens with two attached hydrogens (primary N) is 1. The third-order valence-electron chi connectivity index (χ3n) is 4.89. The summed E-state index contributed by atoms with van der Waals surface area (Å²) >= 11 is 11.7. The molecular weight excluding hydrogens is 468 g/mol. The van der Waals surface area contributed by atoms with Crippen LogP contribution in [0.3, 0.4) is 0 Å². The molecule has 2 atom stereocenters. The Hall–Kier alpha value is -2.35. The molecule has 0 radical (unpaired) electrons. The highest BCUT2D eigenvalue weighted by Crippen LogP contribution is 2.16. The molecule has 0 heterocycles. The van der Waals surface area contributed by atoms with Gasteiger partial charge < -0.3 is 20.7 Å². The largest absolute Gasteiger partial charge is 0.464 e. The fraction of sp³-hybridized carbons (Fsp3) is 0.417. The van der Waals surface area contributed by atoms with Gasteiger partial charge in [-0.2, -0.15) is 0 Å². The Morgan fingerprint density at radius 2 is 1.61 bits per heavy atom. The lowest BCUT2D eigenvalue weighted by Crippen LogP contribution is -2.50. The molecule has 9 heteroatoms. The van der Waals surface area contributed by atoms with E-state index in [1.165, 1.54) is 24.3 Å². The first-order chi connectivity index (χ1) is 16.2. The van der Waals surface area contributed by atoms with E-state index in [2.05, 4.69) is 10.2 Å². The molecule has 0 aromatic heterocycles. The molecule has 2 aromatic carbocycles. The number of carbonyl (C=O) groups is 2. The van der Waals surface area contributed by atoms with Crippen molar-refractivity contribution >= 4 is 40.8 Å². The van der Waals surface area contributed by atoms with E-state index < -0.39 is 29.8 Å². The summed E-state index contributed by atoms with van der Waals surface area (Å²) in [5.41, 5.74) is 8.35. The molecule has 3 N–H and O–H groups in total. The molecule has 33 heavy (non-hydrogen) atoms. The molecule has 0 saturated carbocycles. The summed E-state index contributed by atoms with van der Waals surface area (Å²) < 4.78 is 26.8. The minimum atomic E-state index is -2.10. The minimum absolute atomic E-state index is 0.0433. The molecule has 0 saturated heterocycles. The van der Waals surface area contributed by atoms with Crippen LogP contribution >= 0.6 is 23.2 Å². The van der Waals surface area contributed by atoms with Gasteiger partial charge in [0, 0.05) is 37.0 Å². The van der Waals surface area contributed by atoms with Crippen molar-refractivity contribution in [3.63, 3.8) is 0 Å². The molecule has 0 aliphatic carbocycles. The van der Waals surface area contributed by atoms with Gasteiger partial charge in [-0.1, -0.05) is 24.3 Å². The summed E-state index contributed by atoms with van der Waals surface area (Å²) in [5.74, 6) is -1.09. The highest BCUT2D eigenvalue weighted by atomic mass is 35.5. The number of esters is 1. The Kier molecular flexibility index (Phi) is 10.7. The van der Waals surface area contributed by atoms with Crippen LogP contribution in [0.2, 0.25) is 0 Å². The second kappa shape index (κ2) is 14.0. The van der Waals surface area contributed by atoms with Crippen LogP contribution in [0.25, 0.3) is 0 Å². The van der Waals surface area contributed by atoms with Crippen molar-refractivity contribution in [1.82, 2.24) is 5.32 Å². The van der Waals surface area contributed by atoms with Gasteiger partial charge in [0.25, 0.3) is 0 Å². The zero-order valence-corrected chi connectivity index (χ0v) is 20.0. The van der Waals surface area contributed by atoms with E-state index >= 15 is 0 Å². The number of alkyl halides is 2. The number of ether oxygens (including phenoxy) is 1. The number of nitrogens with one attached hydrogen (secondary N) is 1. The van der Waals surface area contributed by atoms with E-state index in [-0.39, 0.29) is 19.4 Å². The summed E-state index contributed by atoms with van der Waals surface area (Å²) in [6, 6.07) is 9.76. The maximum Gasteiger partial charge on any atom is 0.328 e. The van der Waals surface area contributed by atoms with Gasteiger partial charge in [-0.3, -0.25) is 4.79 Å². The van der Waals surface area contributed by atoms with Crippen LogP contribution in [-0.2, 0) is 27.2 Å². The number of halogens is 3. The van der Waals surface area contributed by atoms with Crippen molar-refractivity contribution in [2.45, 2.75) is 31.8 Å². The summed E-state index contributed by atoms with van der Waals surface area (Å²) in [4.78, 5) is 27.4. The number of benzene rings is 2. The molecule has 180 valence electrons. The Labute approximate surface area is 205 Å².